The highest BCUT2D eigenvalue weighted by molar-refractivity contribution is 7.90. The molecule has 0 bridgehead atoms. The fourth-order valence-electron chi connectivity index (χ4n) is 2.57. The first-order valence-electron chi connectivity index (χ1n) is 9.17. The van der Waals surface area contributed by atoms with E-state index in [1.807, 2.05) is 0 Å². The van der Waals surface area contributed by atoms with E-state index in [1.165, 1.54) is 36.8 Å². The van der Waals surface area contributed by atoms with Crippen LogP contribution in [0.25, 0.3) is 0 Å². The van der Waals surface area contributed by atoms with Crippen LogP contribution >= 0.6 is 11.5 Å². The smallest absolute Gasteiger partial charge is 0.282 e. The van der Waals surface area contributed by atoms with Crippen LogP contribution in [-0.4, -0.2) is 31.6 Å². The predicted molar refractivity (Wildman–Crippen MR) is 112 cm³/mol. The van der Waals surface area contributed by atoms with E-state index >= 15 is 0 Å². The fraction of sp³-hybridized carbons (Fsp3) is 0.500. The molecule has 6 nitrogen and oxygen atoms in total. The van der Waals surface area contributed by atoms with Gasteiger partial charge in [0.1, 0.15) is 10.4 Å². The first-order valence-corrected chi connectivity index (χ1v) is 11.8. The van der Waals surface area contributed by atoms with Gasteiger partial charge in [-0.15, -0.1) is 0 Å². The van der Waals surface area contributed by atoms with Crippen LogP contribution in [0.2, 0.25) is 0 Å². The summed E-state index contributed by atoms with van der Waals surface area (Å²) in [6.45, 7) is 8.40. The minimum atomic E-state index is -3.44. The molecule has 28 heavy (non-hydrogen) atoms. The number of amides is 1. The Hall–Kier alpha value is -1.93. The quantitative estimate of drug-likeness (QED) is 0.707. The Morgan fingerprint density at radius 3 is 2.50 bits per heavy atom. The highest BCUT2D eigenvalue weighted by atomic mass is 32.2. The number of hydrogen-bond donors (Lipinski definition) is 0. The molecule has 0 fully saturated rings. The molecule has 1 aromatic carbocycles. The molecule has 0 unspecified atom stereocenters. The van der Waals surface area contributed by atoms with Crippen molar-refractivity contribution in [3.63, 3.8) is 0 Å². The molecular formula is C20H28N2O4S2. The molecule has 2 rings (SSSR count). The minimum absolute atomic E-state index is 0.0639. The summed E-state index contributed by atoms with van der Waals surface area (Å²) in [5.74, 6) is -0.209. The lowest BCUT2D eigenvalue weighted by Crippen LogP contribution is -2.18. The van der Waals surface area contributed by atoms with Crippen molar-refractivity contribution in [2.24, 2.45) is 4.99 Å². The number of hydrogen-bond acceptors (Lipinski definition) is 5. The van der Waals surface area contributed by atoms with Crippen molar-refractivity contribution in [1.29, 1.82) is 0 Å². The summed E-state index contributed by atoms with van der Waals surface area (Å²) >= 11 is 1.43. The Morgan fingerprint density at radius 2 is 1.96 bits per heavy atom. The summed E-state index contributed by atoms with van der Waals surface area (Å²) in [4.78, 5) is 17.3. The Labute approximate surface area is 171 Å². The number of carbonyl (C=O) groups is 1. The maximum absolute atomic E-state index is 12.9. The minimum Gasteiger partial charge on any atom is -0.496 e. The summed E-state index contributed by atoms with van der Waals surface area (Å²) in [5, 5.41) is 0. The molecule has 0 radical (unpaired) electrons. The maximum atomic E-state index is 12.9. The molecule has 1 aromatic heterocycles. The van der Waals surface area contributed by atoms with Crippen LogP contribution in [0.5, 0.6) is 5.75 Å². The Kier molecular flexibility index (Phi) is 6.88. The van der Waals surface area contributed by atoms with Crippen molar-refractivity contribution < 1.29 is 17.9 Å². The number of nitrogens with zero attached hydrogens (tertiary/aromatic N) is 2. The van der Waals surface area contributed by atoms with E-state index < -0.39 is 15.7 Å². The zero-order chi connectivity index (χ0) is 21.1. The van der Waals surface area contributed by atoms with Gasteiger partial charge in [-0.05, 0) is 63.3 Å². The molecular weight excluding hydrogens is 396 g/mol. The average molecular weight is 425 g/mol. The van der Waals surface area contributed by atoms with E-state index in [1.54, 1.807) is 0 Å². The molecule has 154 valence electrons. The zero-order valence-electron chi connectivity index (χ0n) is 17.3. The summed E-state index contributed by atoms with van der Waals surface area (Å²) in [7, 11) is -2.00. The fourth-order valence-corrected chi connectivity index (χ4v) is 4.26. The van der Waals surface area contributed by atoms with Crippen molar-refractivity contribution in [3.05, 3.63) is 40.2 Å². The second-order valence-corrected chi connectivity index (χ2v) is 10.7. The van der Waals surface area contributed by atoms with Gasteiger partial charge < -0.3 is 4.74 Å². The molecule has 0 saturated heterocycles. The van der Waals surface area contributed by atoms with Crippen molar-refractivity contribution >= 4 is 27.3 Å². The van der Waals surface area contributed by atoms with Gasteiger partial charge in [0, 0.05) is 23.6 Å². The molecule has 2 aromatic rings. The van der Waals surface area contributed by atoms with Crippen LogP contribution in [0.15, 0.2) is 34.3 Å². The second-order valence-electron chi connectivity index (χ2n) is 7.70. The highest BCUT2D eigenvalue weighted by Crippen LogP contribution is 2.24. The number of unbranched alkanes of at least 4 members (excludes halogenated alkanes) is 1. The van der Waals surface area contributed by atoms with Crippen LogP contribution in [0.3, 0.4) is 0 Å². The van der Waals surface area contributed by atoms with Crippen LogP contribution in [0.1, 0.15) is 56.5 Å². The highest BCUT2D eigenvalue weighted by Gasteiger charge is 2.19. The molecule has 0 aliphatic carbocycles. The first kappa shape index (κ1) is 22.4. The Morgan fingerprint density at radius 1 is 1.29 bits per heavy atom. The monoisotopic (exact) mass is 424 g/mol. The van der Waals surface area contributed by atoms with E-state index in [0.29, 0.717) is 10.4 Å². The van der Waals surface area contributed by atoms with Gasteiger partial charge in [0.25, 0.3) is 5.91 Å². The Balaban J connectivity index is 2.59. The predicted octanol–water partition coefficient (Wildman–Crippen LogP) is 3.80. The van der Waals surface area contributed by atoms with Gasteiger partial charge in [-0.1, -0.05) is 13.3 Å². The second kappa shape index (κ2) is 8.61. The average Bonchev–Trinajstić information content (AvgIpc) is 3.01. The molecule has 8 heteroatoms. The number of carbonyl (C=O) groups excluding carboxylic acids is 1. The zero-order valence-corrected chi connectivity index (χ0v) is 18.9. The first-order chi connectivity index (χ1) is 13.0. The van der Waals surface area contributed by atoms with Gasteiger partial charge in [0.2, 0.25) is 0 Å². The summed E-state index contributed by atoms with van der Waals surface area (Å²) < 4.78 is 31.7. The third-order valence-corrected chi connectivity index (χ3v) is 6.71. The molecule has 0 N–H and O–H groups in total. The van der Waals surface area contributed by atoms with E-state index in [9.17, 15) is 13.2 Å². The Bertz CT molecular complexity index is 1030. The van der Waals surface area contributed by atoms with E-state index in [4.69, 9.17) is 4.74 Å². The topological polar surface area (TPSA) is 77.7 Å². The SMILES string of the molecule is CCCCc1cn(C(C)(C)C)s/c1=N\C(=O)c1cc(S(C)(=O)=O)ccc1OC. The molecule has 0 saturated carbocycles. The van der Waals surface area contributed by atoms with Crippen molar-refractivity contribution in [1.82, 2.24) is 3.96 Å². The summed E-state index contributed by atoms with van der Waals surface area (Å²) in [6, 6.07) is 4.24. The normalized spacial score (nSPS) is 13.0. The number of ether oxygens (including phenoxy) is 1. The summed E-state index contributed by atoms with van der Waals surface area (Å²) in [5.41, 5.74) is 1.05. The summed E-state index contributed by atoms with van der Waals surface area (Å²) in [6.07, 6.45) is 6.04. The standard InChI is InChI=1S/C20H28N2O4S2/c1-7-8-9-14-13-22(20(2,3)4)27-19(14)21-18(23)16-12-15(28(6,24)25)10-11-17(16)26-5/h10-13H,7-9H2,1-6H3/b21-19-. The van der Waals surface area contributed by atoms with Gasteiger partial charge >= 0.3 is 0 Å². The third-order valence-electron chi connectivity index (χ3n) is 4.23. The molecule has 1 heterocycles. The van der Waals surface area contributed by atoms with E-state index in [2.05, 4.69) is 42.8 Å². The maximum Gasteiger partial charge on any atom is 0.282 e. The van der Waals surface area contributed by atoms with Crippen LogP contribution in [0, 0.1) is 0 Å². The van der Waals surface area contributed by atoms with Crippen LogP contribution in [0.4, 0.5) is 0 Å². The number of aromatic nitrogens is 1. The van der Waals surface area contributed by atoms with Crippen molar-refractivity contribution in [2.45, 2.75) is 57.4 Å². The van der Waals surface area contributed by atoms with Crippen LogP contribution < -0.4 is 9.41 Å². The van der Waals surface area contributed by atoms with Gasteiger partial charge in [-0.2, -0.15) is 4.99 Å². The molecule has 1 amide bonds. The largest absolute Gasteiger partial charge is 0.496 e. The lowest BCUT2D eigenvalue weighted by atomic mass is 10.1. The number of rotatable bonds is 6. The number of sulfone groups is 1. The van der Waals surface area contributed by atoms with Gasteiger partial charge in [-0.25, -0.2) is 8.42 Å². The van der Waals surface area contributed by atoms with Crippen molar-refractivity contribution in [3.8, 4) is 5.75 Å². The van der Waals surface area contributed by atoms with E-state index in [0.717, 1.165) is 31.1 Å². The van der Waals surface area contributed by atoms with E-state index in [-0.39, 0.29) is 16.0 Å². The number of methoxy groups -OCH3 is 1. The van der Waals surface area contributed by atoms with Crippen LogP contribution in [-0.2, 0) is 21.8 Å². The van der Waals surface area contributed by atoms with Gasteiger partial charge in [0.05, 0.1) is 17.6 Å². The number of aryl methyl sites for hydroxylation is 1. The molecule has 0 spiro atoms. The van der Waals surface area contributed by atoms with Crippen molar-refractivity contribution in [2.75, 3.05) is 13.4 Å². The lowest BCUT2D eigenvalue weighted by molar-refractivity contribution is 0.0995. The number of benzene rings is 1. The molecule has 0 atom stereocenters. The molecule has 0 aliphatic heterocycles. The lowest BCUT2D eigenvalue weighted by Gasteiger charge is -2.19. The van der Waals surface area contributed by atoms with Gasteiger partial charge in [0.15, 0.2) is 9.84 Å². The van der Waals surface area contributed by atoms with Gasteiger partial charge in [-0.3, -0.25) is 8.75 Å². The third kappa shape index (κ3) is 5.32. The molecule has 0 aliphatic rings.